The zero-order valence-electron chi connectivity index (χ0n) is 15.9. The summed E-state index contributed by atoms with van der Waals surface area (Å²) in [5.74, 6) is 3.22. The second-order valence-electron chi connectivity index (χ2n) is 9.37. The van der Waals surface area contributed by atoms with E-state index < -0.39 is 0 Å². The molecule has 0 unspecified atom stereocenters. The summed E-state index contributed by atoms with van der Waals surface area (Å²) in [6, 6.07) is 8.25. The average molecular weight is 371 g/mol. The Kier molecular flexibility index (Phi) is 4.81. The first kappa shape index (κ1) is 18.0. The van der Waals surface area contributed by atoms with Crippen LogP contribution in [0.4, 0.5) is 5.69 Å². The molecule has 0 saturated heterocycles. The summed E-state index contributed by atoms with van der Waals surface area (Å²) < 4.78 is 0. The van der Waals surface area contributed by atoms with E-state index in [1.807, 2.05) is 12.1 Å². The molecule has 1 aromatic carbocycles. The Hall–Kier alpha value is -1.42. The van der Waals surface area contributed by atoms with Gasteiger partial charge in [0.15, 0.2) is 5.11 Å². The third kappa shape index (κ3) is 3.80. The molecule has 4 aliphatic carbocycles. The molecule has 0 radical (unpaired) electrons. The Morgan fingerprint density at radius 2 is 1.62 bits per heavy atom. The van der Waals surface area contributed by atoms with E-state index in [0.29, 0.717) is 17.5 Å². The van der Waals surface area contributed by atoms with Crippen LogP contribution in [0, 0.1) is 23.2 Å². The van der Waals surface area contributed by atoms with E-state index in [1.54, 1.807) is 0 Å². The van der Waals surface area contributed by atoms with E-state index in [1.165, 1.54) is 44.1 Å². The fraction of sp³-hybridized carbons (Fsp3) is 0.636. The number of anilines is 1. The van der Waals surface area contributed by atoms with Crippen LogP contribution < -0.4 is 10.6 Å². The van der Waals surface area contributed by atoms with Gasteiger partial charge in [0, 0.05) is 12.1 Å². The third-order valence-electron chi connectivity index (χ3n) is 6.79. The molecule has 4 fully saturated rings. The smallest absolute Gasteiger partial charge is 0.226 e. The van der Waals surface area contributed by atoms with Crippen molar-refractivity contribution in [1.29, 1.82) is 0 Å². The fourth-order valence-corrected chi connectivity index (χ4v) is 6.36. The first-order chi connectivity index (χ1) is 12.4. The predicted octanol–water partition coefficient (Wildman–Crippen LogP) is 5.23. The van der Waals surface area contributed by atoms with Crippen molar-refractivity contribution in [1.82, 2.24) is 5.32 Å². The van der Waals surface area contributed by atoms with Gasteiger partial charge in [-0.05, 0) is 97.5 Å². The Labute approximate surface area is 162 Å². The van der Waals surface area contributed by atoms with Crippen molar-refractivity contribution in [2.45, 2.75) is 64.7 Å². The van der Waals surface area contributed by atoms with Crippen molar-refractivity contribution in [3.05, 3.63) is 29.8 Å². The number of nitrogens with one attached hydrogen (secondary N) is 2. The summed E-state index contributed by atoms with van der Waals surface area (Å²) in [7, 11) is 0. The normalized spacial score (nSPS) is 31.9. The monoisotopic (exact) mass is 370 g/mol. The molecule has 0 aliphatic heterocycles. The Morgan fingerprint density at radius 1 is 1.08 bits per heavy atom. The molecule has 2 N–H and O–H groups in total. The summed E-state index contributed by atoms with van der Waals surface area (Å²) in [5, 5.41) is 6.48. The molecule has 0 aromatic heterocycles. The molecular weight excluding hydrogens is 340 g/mol. The van der Waals surface area contributed by atoms with Gasteiger partial charge in [0.05, 0.1) is 0 Å². The highest BCUT2D eigenvalue weighted by molar-refractivity contribution is 7.80. The topological polar surface area (TPSA) is 41.1 Å². The van der Waals surface area contributed by atoms with Gasteiger partial charge in [-0.2, -0.15) is 0 Å². The molecule has 4 saturated carbocycles. The van der Waals surface area contributed by atoms with Gasteiger partial charge in [-0.1, -0.05) is 26.0 Å². The zero-order valence-corrected chi connectivity index (χ0v) is 16.7. The van der Waals surface area contributed by atoms with Crippen LogP contribution in [0.25, 0.3) is 0 Å². The third-order valence-corrected chi connectivity index (χ3v) is 6.99. The standard InChI is InChI=1S/C22H30N2OS/c1-14(2)18-3-5-19(6-4-18)23-21(26)24-20(25)13-22-10-15-7-16(11-22)9-17(8-15)12-22/h3-6,14-17H,7-13H2,1-2H3,(H2,23,24,25,26). The summed E-state index contributed by atoms with van der Waals surface area (Å²) >= 11 is 5.36. The zero-order chi connectivity index (χ0) is 18.3. The second kappa shape index (κ2) is 6.95. The van der Waals surface area contributed by atoms with Crippen molar-refractivity contribution in [2.24, 2.45) is 23.2 Å². The molecule has 4 aliphatic rings. The van der Waals surface area contributed by atoms with Crippen molar-refractivity contribution in [3.63, 3.8) is 0 Å². The molecule has 1 aromatic rings. The van der Waals surface area contributed by atoms with Gasteiger partial charge in [0.25, 0.3) is 0 Å². The van der Waals surface area contributed by atoms with Gasteiger partial charge in [0.1, 0.15) is 0 Å². The number of hydrogen-bond acceptors (Lipinski definition) is 2. The van der Waals surface area contributed by atoms with Crippen LogP contribution >= 0.6 is 12.2 Å². The lowest BCUT2D eigenvalue weighted by Crippen LogP contribution is -2.48. The summed E-state index contributed by atoms with van der Waals surface area (Å²) in [4.78, 5) is 12.6. The van der Waals surface area contributed by atoms with Gasteiger partial charge >= 0.3 is 0 Å². The number of amides is 1. The van der Waals surface area contributed by atoms with Crippen LogP contribution in [0.5, 0.6) is 0 Å². The summed E-state index contributed by atoms with van der Waals surface area (Å²) in [6.45, 7) is 4.36. The van der Waals surface area contributed by atoms with Crippen molar-refractivity contribution in [3.8, 4) is 0 Å². The van der Waals surface area contributed by atoms with Gasteiger partial charge in [0.2, 0.25) is 5.91 Å². The SMILES string of the molecule is CC(C)c1ccc(NC(=S)NC(=O)CC23CC4CC(CC(C4)C2)C3)cc1. The van der Waals surface area contributed by atoms with Crippen LogP contribution in [0.2, 0.25) is 0 Å². The maximum Gasteiger partial charge on any atom is 0.226 e. The second-order valence-corrected chi connectivity index (χ2v) is 9.78. The van der Waals surface area contributed by atoms with E-state index in [4.69, 9.17) is 12.2 Å². The van der Waals surface area contributed by atoms with E-state index in [2.05, 4.69) is 36.6 Å². The number of benzene rings is 1. The van der Waals surface area contributed by atoms with Crippen molar-refractivity contribution in [2.75, 3.05) is 5.32 Å². The lowest BCUT2D eigenvalue weighted by Gasteiger charge is -2.56. The van der Waals surface area contributed by atoms with E-state index in [9.17, 15) is 4.79 Å². The first-order valence-electron chi connectivity index (χ1n) is 10.1. The van der Waals surface area contributed by atoms with Crippen molar-refractivity contribution < 1.29 is 4.79 Å². The minimum absolute atomic E-state index is 0.0863. The summed E-state index contributed by atoms with van der Waals surface area (Å²) in [5.41, 5.74) is 2.48. The minimum Gasteiger partial charge on any atom is -0.332 e. The van der Waals surface area contributed by atoms with E-state index in [-0.39, 0.29) is 11.3 Å². The van der Waals surface area contributed by atoms with Crippen LogP contribution in [0.3, 0.4) is 0 Å². The number of carbonyl (C=O) groups is 1. The van der Waals surface area contributed by atoms with Crippen LogP contribution in [-0.4, -0.2) is 11.0 Å². The molecule has 4 bridgehead atoms. The minimum atomic E-state index is 0.0863. The van der Waals surface area contributed by atoms with Gasteiger partial charge in [-0.3, -0.25) is 4.79 Å². The Balaban J connectivity index is 1.31. The maximum atomic E-state index is 12.6. The van der Waals surface area contributed by atoms with Crippen molar-refractivity contribution >= 4 is 28.9 Å². The molecular formula is C22H30N2OS. The molecule has 0 atom stereocenters. The molecule has 4 heteroatoms. The van der Waals surface area contributed by atoms with Gasteiger partial charge in [-0.15, -0.1) is 0 Å². The Morgan fingerprint density at radius 3 is 2.12 bits per heavy atom. The summed E-state index contributed by atoms with van der Waals surface area (Å²) in [6.07, 6.45) is 8.63. The highest BCUT2D eigenvalue weighted by Gasteiger charge is 2.51. The lowest BCUT2D eigenvalue weighted by atomic mass is 9.49. The number of thiocarbonyl (C=S) groups is 1. The van der Waals surface area contributed by atoms with Crippen LogP contribution in [0.15, 0.2) is 24.3 Å². The molecule has 3 nitrogen and oxygen atoms in total. The number of rotatable bonds is 4. The molecule has 140 valence electrons. The fourth-order valence-electron chi connectivity index (χ4n) is 6.13. The quantitative estimate of drug-likeness (QED) is 0.713. The largest absolute Gasteiger partial charge is 0.332 e. The van der Waals surface area contributed by atoms with Gasteiger partial charge < -0.3 is 10.6 Å². The molecule has 1 amide bonds. The molecule has 26 heavy (non-hydrogen) atoms. The lowest BCUT2D eigenvalue weighted by molar-refractivity contribution is -0.127. The highest BCUT2D eigenvalue weighted by atomic mass is 32.1. The first-order valence-corrected chi connectivity index (χ1v) is 10.5. The Bertz CT molecular complexity index is 659. The van der Waals surface area contributed by atoms with Gasteiger partial charge in [-0.25, -0.2) is 0 Å². The average Bonchev–Trinajstić information content (AvgIpc) is 2.53. The van der Waals surface area contributed by atoms with Crippen LogP contribution in [0.1, 0.15) is 70.3 Å². The highest BCUT2D eigenvalue weighted by Crippen LogP contribution is 2.61. The predicted molar refractivity (Wildman–Crippen MR) is 110 cm³/mol. The number of hydrogen-bond donors (Lipinski definition) is 2. The van der Waals surface area contributed by atoms with E-state index >= 15 is 0 Å². The molecule has 5 rings (SSSR count). The molecule has 0 heterocycles. The maximum absolute atomic E-state index is 12.6. The molecule has 0 spiro atoms. The van der Waals surface area contributed by atoms with Crippen LogP contribution in [-0.2, 0) is 4.79 Å². The van der Waals surface area contributed by atoms with E-state index in [0.717, 1.165) is 23.4 Å². The number of carbonyl (C=O) groups excluding carboxylic acids is 1.